The van der Waals surface area contributed by atoms with Gasteiger partial charge in [-0.2, -0.15) is 10.5 Å². The molecule has 0 aliphatic rings. The fourth-order valence-corrected chi connectivity index (χ4v) is 8.25. The zero-order valence-electron chi connectivity index (χ0n) is 34.6. The molecule has 0 bridgehead atoms. The van der Waals surface area contributed by atoms with Crippen LogP contribution in [0.5, 0.6) is 0 Å². The quantitative estimate of drug-likeness (QED) is 0.148. The Balaban J connectivity index is 1.19. The molecule has 9 heteroatoms. The van der Waals surface area contributed by atoms with Gasteiger partial charge in [-0.1, -0.05) is 146 Å². The highest BCUT2D eigenvalue weighted by Crippen LogP contribution is 2.40. The number of aromatic nitrogens is 7. The second-order valence-electron chi connectivity index (χ2n) is 15.4. The molecule has 3 aromatic heterocycles. The largest absolute Gasteiger partial charge is 0.309 e. The summed E-state index contributed by atoms with van der Waals surface area (Å²) in [4.78, 5) is 30.7. The fourth-order valence-electron chi connectivity index (χ4n) is 8.25. The van der Waals surface area contributed by atoms with Crippen LogP contribution in [0.4, 0.5) is 0 Å². The van der Waals surface area contributed by atoms with Gasteiger partial charge in [0.05, 0.1) is 40.0 Å². The Morgan fingerprint density at radius 2 is 0.723 bits per heavy atom. The van der Waals surface area contributed by atoms with Crippen molar-refractivity contribution in [3.8, 4) is 97.3 Å². The van der Waals surface area contributed by atoms with Crippen LogP contribution in [0.1, 0.15) is 11.1 Å². The summed E-state index contributed by atoms with van der Waals surface area (Å²) in [7, 11) is 0. The molecule has 0 radical (unpaired) electrons. The number of hydrogen-bond acceptors (Lipinski definition) is 8. The molecule has 8 aromatic carbocycles. The molecular formula is C56H33N9. The summed E-state index contributed by atoms with van der Waals surface area (Å²) >= 11 is 0. The minimum atomic E-state index is 0.429. The molecule has 11 aromatic rings. The van der Waals surface area contributed by atoms with Gasteiger partial charge in [0, 0.05) is 44.2 Å². The van der Waals surface area contributed by atoms with Gasteiger partial charge >= 0.3 is 0 Å². The molecule has 0 unspecified atom stereocenters. The Bertz CT molecular complexity index is 3520. The highest BCUT2D eigenvalue weighted by molar-refractivity contribution is 6.11. The van der Waals surface area contributed by atoms with Crippen LogP contribution >= 0.6 is 0 Å². The Kier molecular flexibility index (Phi) is 9.73. The summed E-state index contributed by atoms with van der Waals surface area (Å²) in [5.74, 6) is 3.14. The standard InChI is InChI=1S/C56H33N9/c57-34-36-29-37(35-58)31-44(30-36)42-25-27-49-46(32-42)45-23-13-14-24-48(45)65(49)50-28-26-43(55-61-51(38-15-5-1-6-16-38)59-52(62-55)39-17-7-2-8-18-39)33-47(50)56-63-53(40-19-9-3-10-20-40)60-54(64-56)41-21-11-4-12-22-41/h1-33H. The van der Waals surface area contributed by atoms with Crippen molar-refractivity contribution in [1.82, 2.24) is 34.5 Å². The molecule has 0 aliphatic heterocycles. The summed E-state index contributed by atoms with van der Waals surface area (Å²) in [6.07, 6.45) is 0. The highest BCUT2D eigenvalue weighted by atomic mass is 15.1. The van der Waals surface area contributed by atoms with Crippen molar-refractivity contribution in [1.29, 1.82) is 10.5 Å². The third-order valence-electron chi connectivity index (χ3n) is 11.3. The lowest BCUT2D eigenvalue weighted by atomic mass is 9.99. The first-order valence-electron chi connectivity index (χ1n) is 21.0. The van der Waals surface area contributed by atoms with Gasteiger partial charge in [0.15, 0.2) is 34.9 Å². The molecule has 0 aliphatic carbocycles. The Hall–Kier alpha value is -9.44. The average molecular weight is 832 g/mol. The maximum atomic E-state index is 9.79. The van der Waals surface area contributed by atoms with E-state index in [1.165, 1.54) is 0 Å². The first-order chi connectivity index (χ1) is 32.1. The lowest BCUT2D eigenvalue weighted by Crippen LogP contribution is -2.05. The van der Waals surface area contributed by atoms with Crippen LogP contribution in [0.15, 0.2) is 200 Å². The van der Waals surface area contributed by atoms with Crippen molar-refractivity contribution in [2.75, 3.05) is 0 Å². The predicted octanol–water partition coefficient (Wildman–Crippen LogP) is 12.6. The van der Waals surface area contributed by atoms with Crippen LogP contribution in [-0.2, 0) is 0 Å². The van der Waals surface area contributed by atoms with Crippen molar-refractivity contribution in [3.63, 3.8) is 0 Å². The van der Waals surface area contributed by atoms with E-state index < -0.39 is 0 Å². The minimum Gasteiger partial charge on any atom is -0.309 e. The number of rotatable bonds is 8. The summed E-state index contributed by atoms with van der Waals surface area (Å²) < 4.78 is 2.24. The zero-order valence-corrected chi connectivity index (χ0v) is 34.6. The second-order valence-corrected chi connectivity index (χ2v) is 15.4. The number of nitrogens with zero attached hydrogens (tertiary/aromatic N) is 9. The predicted molar refractivity (Wildman–Crippen MR) is 255 cm³/mol. The van der Waals surface area contributed by atoms with Gasteiger partial charge in [-0.3, -0.25) is 0 Å². The Labute approximate surface area is 374 Å². The van der Waals surface area contributed by atoms with E-state index in [-0.39, 0.29) is 0 Å². The fraction of sp³-hybridized carbons (Fsp3) is 0. The molecule has 0 N–H and O–H groups in total. The van der Waals surface area contributed by atoms with Crippen LogP contribution in [-0.4, -0.2) is 34.5 Å². The molecule has 3 heterocycles. The van der Waals surface area contributed by atoms with Gasteiger partial charge in [-0.25, -0.2) is 29.9 Å². The molecule has 11 rings (SSSR count). The maximum absolute atomic E-state index is 9.79. The Morgan fingerprint density at radius 3 is 1.22 bits per heavy atom. The van der Waals surface area contributed by atoms with Gasteiger partial charge in [-0.15, -0.1) is 0 Å². The van der Waals surface area contributed by atoms with Crippen LogP contribution in [0.25, 0.3) is 107 Å². The minimum absolute atomic E-state index is 0.429. The normalized spacial score (nSPS) is 11.0. The highest BCUT2D eigenvalue weighted by Gasteiger charge is 2.22. The lowest BCUT2D eigenvalue weighted by molar-refractivity contribution is 1.06. The van der Waals surface area contributed by atoms with E-state index in [9.17, 15) is 10.5 Å². The van der Waals surface area contributed by atoms with E-state index >= 15 is 0 Å². The summed E-state index contributed by atoms with van der Waals surface area (Å²) in [6, 6.07) is 70.2. The van der Waals surface area contributed by atoms with Gasteiger partial charge in [-0.05, 0) is 65.7 Å². The van der Waals surface area contributed by atoms with Crippen molar-refractivity contribution in [2.45, 2.75) is 0 Å². The van der Waals surface area contributed by atoms with E-state index in [4.69, 9.17) is 29.9 Å². The van der Waals surface area contributed by atoms with Crippen molar-refractivity contribution >= 4 is 21.8 Å². The molecule has 9 nitrogen and oxygen atoms in total. The average Bonchev–Trinajstić information content (AvgIpc) is 3.72. The van der Waals surface area contributed by atoms with Crippen LogP contribution in [0, 0.1) is 22.7 Å². The maximum Gasteiger partial charge on any atom is 0.166 e. The van der Waals surface area contributed by atoms with E-state index in [1.807, 2.05) is 158 Å². The monoisotopic (exact) mass is 831 g/mol. The zero-order chi connectivity index (χ0) is 43.7. The molecule has 0 saturated heterocycles. The second kappa shape index (κ2) is 16.4. The topological polar surface area (TPSA) is 130 Å². The van der Waals surface area contributed by atoms with Crippen LogP contribution in [0.3, 0.4) is 0 Å². The summed E-state index contributed by atoms with van der Waals surface area (Å²) in [5.41, 5.74) is 10.2. The molecule has 302 valence electrons. The molecule has 0 saturated carbocycles. The molecular weight excluding hydrogens is 799 g/mol. The van der Waals surface area contributed by atoms with Gasteiger partial charge in [0.2, 0.25) is 0 Å². The Morgan fingerprint density at radius 1 is 0.308 bits per heavy atom. The number of nitriles is 2. The molecule has 0 fully saturated rings. The van der Waals surface area contributed by atoms with E-state index in [2.05, 4.69) is 53.1 Å². The number of fused-ring (bicyclic) bond motifs is 3. The number of para-hydroxylation sites is 1. The number of benzene rings is 8. The smallest absolute Gasteiger partial charge is 0.166 e. The SMILES string of the molecule is N#Cc1cc(C#N)cc(-c2ccc3c(c2)c2ccccc2n3-c2ccc(-c3nc(-c4ccccc4)nc(-c4ccccc4)n3)cc2-c2nc(-c3ccccc3)nc(-c3ccccc3)n2)c1. The van der Waals surface area contributed by atoms with Crippen LogP contribution < -0.4 is 0 Å². The van der Waals surface area contributed by atoms with Gasteiger partial charge in [0.25, 0.3) is 0 Å². The molecule has 0 atom stereocenters. The first kappa shape index (κ1) is 38.5. The van der Waals surface area contributed by atoms with Crippen molar-refractivity contribution in [2.24, 2.45) is 0 Å². The molecule has 65 heavy (non-hydrogen) atoms. The van der Waals surface area contributed by atoms with Gasteiger partial charge in [0.1, 0.15) is 0 Å². The van der Waals surface area contributed by atoms with Crippen molar-refractivity contribution < 1.29 is 0 Å². The van der Waals surface area contributed by atoms with Gasteiger partial charge < -0.3 is 4.57 Å². The van der Waals surface area contributed by atoms with E-state index in [0.717, 1.165) is 72.0 Å². The third-order valence-corrected chi connectivity index (χ3v) is 11.3. The molecule has 0 spiro atoms. The lowest BCUT2D eigenvalue weighted by Gasteiger charge is -2.16. The van der Waals surface area contributed by atoms with Crippen LogP contribution in [0.2, 0.25) is 0 Å². The molecule has 0 amide bonds. The van der Waals surface area contributed by atoms with E-state index in [0.29, 0.717) is 46.1 Å². The summed E-state index contributed by atoms with van der Waals surface area (Å²) in [6.45, 7) is 0. The first-order valence-corrected chi connectivity index (χ1v) is 21.0. The van der Waals surface area contributed by atoms with E-state index in [1.54, 1.807) is 6.07 Å². The number of hydrogen-bond donors (Lipinski definition) is 0. The van der Waals surface area contributed by atoms with Crippen molar-refractivity contribution in [3.05, 3.63) is 211 Å². The third kappa shape index (κ3) is 7.31. The summed E-state index contributed by atoms with van der Waals surface area (Å²) in [5, 5.41) is 21.6.